The van der Waals surface area contributed by atoms with Crippen LogP contribution in [0.25, 0.3) is 0 Å². The van der Waals surface area contributed by atoms with Crippen molar-refractivity contribution in [3.63, 3.8) is 0 Å². The molecule has 1 aliphatic heterocycles. The summed E-state index contributed by atoms with van der Waals surface area (Å²) in [5.74, 6) is 0.214. The van der Waals surface area contributed by atoms with Crippen LogP contribution in [-0.2, 0) is 9.59 Å². The fourth-order valence-corrected chi connectivity index (χ4v) is 1.88. The molecular formula is C9H15BrN2O2. The highest BCUT2D eigenvalue weighted by molar-refractivity contribution is 9.09. The number of nitrogens with one attached hydrogen (secondary N) is 1. The van der Waals surface area contributed by atoms with Gasteiger partial charge in [-0.2, -0.15) is 0 Å². The Labute approximate surface area is 92.2 Å². The summed E-state index contributed by atoms with van der Waals surface area (Å²) in [6.45, 7) is 0.632. The first-order valence-electron chi connectivity index (χ1n) is 4.72. The molecule has 80 valence electrons. The second-order valence-electron chi connectivity index (χ2n) is 3.52. The maximum Gasteiger partial charge on any atom is 0.222 e. The van der Waals surface area contributed by atoms with E-state index in [2.05, 4.69) is 21.2 Å². The van der Waals surface area contributed by atoms with Gasteiger partial charge in [-0.15, -0.1) is 0 Å². The van der Waals surface area contributed by atoms with Gasteiger partial charge >= 0.3 is 0 Å². The lowest BCUT2D eigenvalue weighted by Gasteiger charge is -2.30. The van der Waals surface area contributed by atoms with Crippen molar-refractivity contribution < 1.29 is 9.59 Å². The molecule has 0 aliphatic carbocycles. The zero-order valence-corrected chi connectivity index (χ0v) is 9.84. The van der Waals surface area contributed by atoms with E-state index in [1.807, 2.05) is 0 Å². The predicted octanol–water partition coefficient (Wildman–Crippen LogP) is 0.508. The Morgan fingerprint density at radius 2 is 2.43 bits per heavy atom. The van der Waals surface area contributed by atoms with Crippen molar-refractivity contribution in [2.75, 3.05) is 18.9 Å². The van der Waals surface area contributed by atoms with Crippen molar-refractivity contribution >= 4 is 27.7 Å². The zero-order chi connectivity index (χ0) is 10.6. The Bertz CT molecular complexity index is 233. The number of carbonyl (C=O) groups excluding carboxylic acids is 2. The van der Waals surface area contributed by atoms with Crippen LogP contribution >= 0.6 is 15.9 Å². The Morgan fingerprint density at radius 1 is 1.71 bits per heavy atom. The summed E-state index contributed by atoms with van der Waals surface area (Å²) < 4.78 is 0. The lowest BCUT2D eigenvalue weighted by molar-refractivity contribution is -0.133. The molecule has 5 heteroatoms. The summed E-state index contributed by atoms with van der Waals surface area (Å²) in [7, 11) is 1.77. The van der Waals surface area contributed by atoms with E-state index in [0.29, 0.717) is 24.7 Å². The Balaban J connectivity index is 2.32. The molecule has 4 nitrogen and oxygen atoms in total. The largest absolute Gasteiger partial charge is 0.352 e. The summed E-state index contributed by atoms with van der Waals surface area (Å²) >= 11 is 3.21. The molecule has 0 spiro atoms. The average Bonchev–Trinajstić information content (AvgIpc) is 2.12. The molecule has 1 atom stereocenters. The molecule has 0 aromatic rings. The maximum atomic E-state index is 11.3. The number of likely N-dealkylation sites (N-methyl/N-ethyl adjacent to an activating group) is 1. The van der Waals surface area contributed by atoms with E-state index >= 15 is 0 Å². The standard InChI is InChI=1S/C9H15BrN2O2/c1-12-6-7(2-3-9(12)14)11-8(13)4-5-10/h7H,2-6H2,1H3,(H,11,13). The van der Waals surface area contributed by atoms with E-state index in [0.717, 1.165) is 6.42 Å². The van der Waals surface area contributed by atoms with Gasteiger partial charge in [0.1, 0.15) is 0 Å². The van der Waals surface area contributed by atoms with Crippen molar-refractivity contribution in [3.8, 4) is 0 Å². The quantitative estimate of drug-likeness (QED) is 0.754. The second-order valence-corrected chi connectivity index (χ2v) is 4.31. The second kappa shape index (κ2) is 5.34. The molecule has 1 aliphatic rings. The predicted molar refractivity (Wildman–Crippen MR) is 57.2 cm³/mol. The molecule has 1 saturated heterocycles. The van der Waals surface area contributed by atoms with Gasteiger partial charge in [0.15, 0.2) is 0 Å². The third kappa shape index (κ3) is 3.29. The van der Waals surface area contributed by atoms with Gasteiger partial charge in [-0.25, -0.2) is 0 Å². The molecule has 14 heavy (non-hydrogen) atoms. The molecular weight excluding hydrogens is 248 g/mol. The van der Waals surface area contributed by atoms with Gasteiger partial charge in [-0.1, -0.05) is 15.9 Å². The van der Waals surface area contributed by atoms with Crippen molar-refractivity contribution in [2.45, 2.75) is 25.3 Å². The molecule has 2 amide bonds. The van der Waals surface area contributed by atoms with E-state index in [1.54, 1.807) is 11.9 Å². The summed E-state index contributed by atoms with van der Waals surface area (Å²) in [4.78, 5) is 24.1. The van der Waals surface area contributed by atoms with Gasteiger partial charge < -0.3 is 10.2 Å². The highest BCUT2D eigenvalue weighted by Crippen LogP contribution is 2.09. The third-order valence-corrected chi connectivity index (χ3v) is 2.71. The van der Waals surface area contributed by atoms with Crippen molar-refractivity contribution in [1.29, 1.82) is 0 Å². The smallest absolute Gasteiger partial charge is 0.222 e. The number of hydrogen-bond donors (Lipinski definition) is 1. The van der Waals surface area contributed by atoms with Crippen LogP contribution in [0.1, 0.15) is 19.3 Å². The molecule has 1 unspecified atom stereocenters. The van der Waals surface area contributed by atoms with Gasteiger partial charge in [0.05, 0.1) is 0 Å². The number of likely N-dealkylation sites (tertiary alicyclic amines) is 1. The van der Waals surface area contributed by atoms with Gasteiger partial charge in [-0.3, -0.25) is 9.59 Å². The first kappa shape index (κ1) is 11.5. The van der Waals surface area contributed by atoms with Gasteiger partial charge in [-0.05, 0) is 6.42 Å². The fraction of sp³-hybridized carbons (Fsp3) is 0.778. The van der Waals surface area contributed by atoms with Crippen LogP contribution in [0.3, 0.4) is 0 Å². The lowest BCUT2D eigenvalue weighted by Crippen LogP contribution is -2.48. The molecule has 1 heterocycles. The number of nitrogens with zero attached hydrogens (tertiary/aromatic N) is 1. The van der Waals surface area contributed by atoms with Crippen LogP contribution in [0.5, 0.6) is 0 Å². The Kier molecular flexibility index (Phi) is 4.38. The molecule has 0 aromatic heterocycles. The zero-order valence-electron chi connectivity index (χ0n) is 8.25. The van der Waals surface area contributed by atoms with Crippen LogP contribution in [0.2, 0.25) is 0 Å². The Hall–Kier alpha value is -0.580. The van der Waals surface area contributed by atoms with E-state index < -0.39 is 0 Å². The highest BCUT2D eigenvalue weighted by Gasteiger charge is 2.23. The summed E-state index contributed by atoms with van der Waals surface area (Å²) in [6.07, 6.45) is 1.79. The van der Waals surface area contributed by atoms with E-state index in [-0.39, 0.29) is 17.9 Å². The normalized spacial score (nSPS) is 22.3. The minimum absolute atomic E-state index is 0.0506. The van der Waals surface area contributed by atoms with E-state index in [1.165, 1.54) is 0 Å². The van der Waals surface area contributed by atoms with Crippen LogP contribution in [0, 0.1) is 0 Å². The number of carbonyl (C=O) groups is 2. The van der Waals surface area contributed by atoms with Crippen molar-refractivity contribution in [2.24, 2.45) is 0 Å². The van der Waals surface area contributed by atoms with Gasteiger partial charge in [0.25, 0.3) is 0 Å². The Morgan fingerprint density at radius 3 is 3.00 bits per heavy atom. The van der Waals surface area contributed by atoms with Crippen LogP contribution in [0.15, 0.2) is 0 Å². The monoisotopic (exact) mass is 262 g/mol. The molecule has 1 fully saturated rings. The number of amides is 2. The number of piperidine rings is 1. The van der Waals surface area contributed by atoms with Crippen molar-refractivity contribution in [3.05, 3.63) is 0 Å². The molecule has 0 saturated carbocycles. The van der Waals surface area contributed by atoms with Crippen molar-refractivity contribution in [1.82, 2.24) is 10.2 Å². The number of rotatable bonds is 3. The van der Waals surface area contributed by atoms with Crippen LogP contribution < -0.4 is 5.32 Å². The average molecular weight is 263 g/mol. The van der Waals surface area contributed by atoms with Gasteiger partial charge in [0, 0.05) is 37.8 Å². The maximum absolute atomic E-state index is 11.3. The topological polar surface area (TPSA) is 49.4 Å². The minimum atomic E-state index is 0.0506. The first-order valence-corrected chi connectivity index (χ1v) is 5.85. The fourth-order valence-electron chi connectivity index (χ4n) is 1.52. The minimum Gasteiger partial charge on any atom is -0.352 e. The molecule has 1 rings (SSSR count). The van der Waals surface area contributed by atoms with E-state index in [9.17, 15) is 9.59 Å². The summed E-state index contributed by atoms with van der Waals surface area (Å²) in [5.41, 5.74) is 0. The SMILES string of the molecule is CN1CC(NC(=O)CCBr)CCC1=O. The van der Waals surface area contributed by atoms with Gasteiger partial charge in [0.2, 0.25) is 11.8 Å². The summed E-state index contributed by atoms with van der Waals surface area (Å²) in [5, 5.41) is 3.59. The number of hydrogen-bond acceptors (Lipinski definition) is 2. The van der Waals surface area contributed by atoms with Crippen LogP contribution in [0.4, 0.5) is 0 Å². The number of alkyl halides is 1. The third-order valence-electron chi connectivity index (χ3n) is 2.31. The van der Waals surface area contributed by atoms with Crippen LogP contribution in [-0.4, -0.2) is 41.7 Å². The molecule has 0 radical (unpaired) electrons. The molecule has 0 aromatic carbocycles. The summed E-state index contributed by atoms with van der Waals surface area (Å²) in [6, 6.07) is 0.129. The lowest BCUT2D eigenvalue weighted by atomic mass is 10.1. The molecule has 1 N–H and O–H groups in total. The molecule has 0 bridgehead atoms. The highest BCUT2D eigenvalue weighted by atomic mass is 79.9. The van der Waals surface area contributed by atoms with E-state index in [4.69, 9.17) is 0 Å². The first-order chi connectivity index (χ1) is 6.63. The number of halogens is 1.